The maximum Gasteiger partial charge on any atom is 0.229 e. The fourth-order valence-electron chi connectivity index (χ4n) is 1.36. The SMILES string of the molecule is O=C(Cc1cccs1)Nc1cc(Cl)ccc1Br. The summed E-state index contributed by atoms with van der Waals surface area (Å²) in [6.07, 6.45) is 0.386. The van der Waals surface area contributed by atoms with Gasteiger partial charge in [-0.3, -0.25) is 4.79 Å². The Morgan fingerprint density at radius 2 is 2.24 bits per heavy atom. The molecule has 5 heteroatoms. The lowest BCUT2D eigenvalue weighted by molar-refractivity contribution is -0.115. The molecule has 0 bridgehead atoms. The first-order valence-electron chi connectivity index (χ1n) is 4.92. The van der Waals surface area contributed by atoms with Crippen molar-refractivity contribution in [2.24, 2.45) is 0 Å². The highest BCUT2D eigenvalue weighted by Gasteiger charge is 2.07. The number of amides is 1. The molecule has 0 unspecified atom stereocenters. The highest BCUT2D eigenvalue weighted by Crippen LogP contribution is 2.26. The van der Waals surface area contributed by atoms with Crippen LogP contribution in [0.5, 0.6) is 0 Å². The third-order valence-electron chi connectivity index (χ3n) is 2.12. The van der Waals surface area contributed by atoms with E-state index in [0.717, 1.165) is 9.35 Å². The van der Waals surface area contributed by atoms with E-state index in [9.17, 15) is 4.79 Å². The molecule has 0 aliphatic heterocycles. The van der Waals surface area contributed by atoms with Crippen molar-refractivity contribution >= 4 is 50.5 Å². The van der Waals surface area contributed by atoms with Crippen molar-refractivity contribution in [3.63, 3.8) is 0 Å². The van der Waals surface area contributed by atoms with Crippen LogP contribution in [0.3, 0.4) is 0 Å². The summed E-state index contributed by atoms with van der Waals surface area (Å²) < 4.78 is 0.821. The van der Waals surface area contributed by atoms with Crippen LogP contribution in [0, 0.1) is 0 Å². The fraction of sp³-hybridized carbons (Fsp3) is 0.0833. The smallest absolute Gasteiger partial charge is 0.229 e. The van der Waals surface area contributed by atoms with E-state index in [1.54, 1.807) is 23.5 Å². The van der Waals surface area contributed by atoms with Crippen molar-refractivity contribution in [2.75, 3.05) is 5.32 Å². The third kappa shape index (κ3) is 3.56. The van der Waals surface area contributed by atoms with E-state index < -0.39 is 0 Å². The number of hydrogen-bond acceptors (Lipinski definition) is 2. The van der Waals surface area contributed by atoms with Crippen molar-refractivity contribution < 1.29 is 4.79 Å². The lowest BCUT2D eigenvalue weighted by atomic mass is 10.3. The van der Waals surface area contributed by atoms with Crippen LogP contribution in [-0.2, 0) is 11.2 Å². The van der Waals surface area contributed by atoms with E-state index >= 15 is 0 Å². The molecular formula is C12H9BrClNOS. The van der Waals surface area contributed by atoms with Gasteiger partial charge in [0.1, 0.15) is 0 Å². The van der Waals surface area contributed by atoms with Crippen molar-refractivity contribution in [3.8, 4) is 0 Å². The van der Waals surface area contributed by atoms with Gasteiger partial charge in [0.15, 0.2) is 0 Å². The summed E-state index contributed by atoms with van der Waals surface area (Å²) >= 11 is 10.8. The number of carbonyl (C=O) groups excluding carboxylic acids is 1. The fourth-order valence-corrected chi connectivity index (χ4v) is 2.58. The van der Waals surface area contributed by atoms with Gasteiger partial charge in [-0.1, -0.05) is 17.7 Å². The normalized spacial score (nSPS) is 10.2. The average Bonchev–Trinajstić information content (AvgIpc) is 2.76. The van der Waals surface area contributed by atoms with Crippen LogP contribution in [0.1, 0.15) is 4.88 Å². The van der Waals surface area contributed by atoms with Gasteiger partial charge in [-0.25, -0.2) is 0 Å². The number of carbonyl (C=O) groups is 1. The Morgan fingerprint density at radius 1 is 1.41 bits per heavy atom. The molecule has 0 aliphatic carbocycles. The molecular weight excluding hydrogens is 322 g/mol. The first-order chi connectivity index (χ1) is 8.15. The zero-order valence-electron chi connectivity index (χ0n) is 8.74. The molecule has 88 valence electrons. The van der Waals surface area contributed by atoms with Gasteiger partial charge in [-0.05, 0) is 45.6 Å². The minimum atomic E-state index is -0.0459. The molecule has 0 saturated heterocycles. The summed E-state index contributed by atoms with van der Waals surface area (Å²) in [6, 6.07) is 9.17. The molecule has 1 N–H and O–H groups in total. The van der Waals surface area contributed by atoms with Gasteiger partial charge in [-0.15, -0.1) is 11.3 Å². The van der Waals surface area contributed by atoms with Crippen LogP contribution in [0.25, 0.3) is 0 Å². The second-order valence-electron chi connectivity index (χ2n) is 3.43. The summed E-state index contributed by atoms with van der Waals surface area (Å²) in [5, 5.41) is 5.38. The van der Waals surface area contributed by atoms with Gasteiger partial charge in [0.25, 0.3) is 0 Å². The first kappa shape index (κ1) is 12.6. The van der Waals surface area contributed by atoms with E-state index in [1.165, 1.54) is 0 Å². The topological polar surface area (TPSA) is 29.1 Å². The Balaban J connectivity index is 2.05. The maximum atomic E-state index is 11.8. The number of anilines is 1. The third-order valence-corrected chi connectivity index (χ3v) is 3.92. The number of rotatable bonds is 3. The quantitative estimate of drug-likeness (QED) is 0.891. The Kier molecular flexibility index (Phi) is 4.20. The standard InChI is InChI=1S/C12H9BrClNOS/c13-10-4-3-8(14)6-11(10)15-12(16)7-9-2-1-5-17-9/h1-6H,7H2,(H,15,16). The van der Waals surface area contributed by atoms with Crippen LogP contribution in [0.15, 0.2) is 40.2 Å². The number of hydrogen-bond donors (Lipinski definition) is 1. The molecule has 2 aromatic rings. The highest BCUT2D eigenvalue weighted by atomic mass is 79.9. The van der Waals surface area contributed by atoms with Crippen molar-refractivity contribution in [3.05, 3.63) is 50.1 Å². The molecule has 1 amide bonds. The Morgan fingerprint density at radius 3 is 2.94 bits per heavy atom. The molecule has 1 heterocycles. The second kappa shape index (κ2) is 5.67. The largest absolute Gasteiger partial charge is 0.325 e. The van der Waals surface area contributed by atoms with Gasteiger partial charge in [0.05, 0.1) is 12.1 Å². The molecule has 2 nitrogen and oxygen atoms in total. The summed E-state index contributed by atoms with van der Waals surface area (Å²) in [4.78, 5) is 12.8. The van der Waals surface area contributed by atoms with Gasteiger partial charge >= 0.3 is 0 Å². The summed E-state index contributed by atoms with van der Waals surface area (Å²) in [5.74, 6) is -0.0459. The monoisotopic (exact) mass is 329 g/mol. The van der Waals surface area contributed by atoms with Gasteiger partial charge in [0, 0.05) is 14.4 Å². The number of nitrogens with one attached hydrogen (secondary N) is 1. The molecule has 0 aliphatic rings. The zero-order chi connectivity index (χ0) is 12.3. The Bertz CT molecular complexity index is 527. The van der Waals surface area contributed by atoms with Crippen LogP contribution in [0.2, 0.25) is 5.02 Å². The van der Waals surface area contributed by atoms with Crippen LogP contribution >= 0.6 is 38.9 Å². The molecule has 0 spiro atoms. The zero-order valence-corrected chi connectivity index (χ0v) is 11.9. The summed E-state index contributed by atoms with van der Waals surface area (Å²) in [7, 11) is 0. The van der Waals surface area contributed by atoms with Crippen molar-refractivity contribution in [1.29, 1.82) is 0 Å². The number of thiophene rings is 1. The summed E-state index contributed by atoms with van der Waals surface area (Å²) in [5.41, 5.74) is 0.694. The number of halogens is 2. The van der Waals surface area contributed by atoms with Crippen molar-refractivity contribution in [2.45, 2.75) is 6.42 Å². The molecule has 0 saturated carbocycles. The molecule has 2 rings (SSSR count). The van der Waals surface area contributed by atoms with Gasteiger partial charge in [0.2, 0.25) is 5.91 Å². The van der Waals surface area contributed by atoms with Crippen molar-refractivity contribution in [1.82, 2.24) is 0 Å². The van der Waals surface area contributed by atoms with Gasteiger partial charge in [-0.2, -0.15) is 0 Å². The summed E-state index contributed by atoms with van der Waals surface area (Å²) in [6.45, 7) is 0. The molecule has 0 atom stereocenters. The second-order valence-corrected chi connectivity index (χ2v) is 5.75. The maximum absolute atomic E-state index is 11.8. The first-order valence-corrected chi connectivity index (χ1v) is 6.97. The predicted octanol–water partition coefficient (Wildman–Crippen LogP) is 4.35. The van der Waals surface area contributed by atoms with Crippen LogP contribution < -0.4 is 5.32 Å². The van der Waals surface area contributed by atoms with Gasteiger partial charge < -0.3 is 5.32 Å². The van der Waals surface area contributed by atoms with E-state index in [-0.39, 0.29) is 5.91 Å². The lowest BCUT2D eigenvalue weighted by Gasteiger charge is -2.07. The molecule has 0 fully saturated rings. The minimum absolute atomic E-state index is 0.0459. The van der Waals surface area contributed by atoms with Crippen LogP contribution in [0.4, 0.5) is 5.69 Å². The minimum Gasteiger partial charge on any atom is -0.325 e. The molecule has 0 radical (unpaired) electrons. The molecule has 1 aromatic heterocycles. The van der Waals surface area contributed by atoms with E-state index in [2.05, 4.69) is 21.2 Å². The average molecular weight is 331 g/mol. The Labute approximate surface area is 117 Å². The Hall–Kier alpha value is -0.840. The van der Waals surface area contributed by atoms with E-state index in [1.807, 2.05) is 23.6 Å². The van der Waals surface area contributed by atoms with Crippen LogP contribution in [-0.4, -0.2) is 5.91 Å². The lowest BCUT2D eigenvalue weighted by Crippen LogP contribution is -2.14. The molecule has 17 heavy (non-hydrogen) atoms. The highest BCUT2D eigenvalue weighted by molar-refractivity contribution is 9.10. The van der Waals surface area contributed by atoms with E-state index in [0.29, 0.717) is 17.1 Å². The molecule has 1 aromatic carbocycles. The predicted molar refractivity (Wildman–Crippen MR) is 75.8 cm³/mol. The number of benzene rings is 1. The van der Waals surface area contributed by atoms with E-state index in [4.69, 9.17) is 11.6 Å².